The highest BCUT2D eigenvalue weighted by Crippen LogP contribution is 2.14. The van der Waals surface area contributed by atoms with E-state index < -0.39 is 0 Å². The fourth-order valence-electron chi connectivity index (χ4n) is 3.62. The van der Waals surface area contributed by atoms with E-state index in [-0.39, 0.29) is 18.3 Å². The zero-order valence-corrected chi connectivity index (χ0v) is 15.5. The first kappa shape index (κ1) is 19.2. The lowest BCUT2D eigenvalue weighted by Crippen LogP contribution is -2.51. The Balaban J connectivity index is 0.00000208. The summed E-state index contributed by atoms with van der Waals surface area (Å²) in [6, 6.07) is 8.30. The van der Waals surface area contributed by atoms with Gasteiger partial charge in [-0.05, 0) is 44.3 Å². The zero-order chi connectivity index (χ0) is 16.1. The molecule has 5 heteroatoms. The predicted molar refractivity (Wildman–Crippen MR) is 101 cm³/mol. The van der Waals surface area contributed by atoms with Crippen LogP contribution in [0.1, 0.15) is 24.0 Å². The third kappa shape index (κ3) is 5.47. The number of benzene rings is 1. The Kier molecular flexibility index (Phi) is 7.53. The van der Waals surface area contributed by atoms with Crippen LogP contribution in [0, 0.1) is 12.8 Å². The largest absolute Gasteiger partial charge is 0.340 e. The summed E-state index contributed by atoms with van der Waals surface area (Å²) >= 11 is 0. The standard InChI is InChI=1S/C19H29N3O.ClH/c1-16-4-6-17(7-5-16)13-19(23)22-11-9-21(10-12-22)15-18-3-2-8-20-14-18;/h4-7,18,20H,2-3,8-15H2,1H3;1H. The Morgan fingerprint density at radius 3 is 2.50 bits per heavy atom. The van der Waals surface area contributed by atoms with Crippen molar-refractivity contribution in [3.05, 3.63) is 35.4 Å². The number of rotatable bonds is 4. The van der Waals surface area contributed by atoms with E-state index in [1.165, 1.54) is 31.5 Å². The summed E-state index contributed by atoms with van der Waals surface area (Å²) in [6.07, 6.45) is 3.19. The lowest BCUT2D eigenvalue weighted by atomic mass is 9.99. The van der Waals surface area contributed by atoms with Gasteiger partial charge in [0.1, 0.15) is 0 Å². The molecule has 2 saturated heterocycles. The van der Waals surface area contributed by atoms with Gasteiger partial charge in [-0.25, -0.2) is 0 Å². The van der Waals surface area contributed by atoms with Crippen LogP contribution in [0.3, 0.4) is 0 Å². The second kappa shape index (κ2) is 9.40. The molecule has 134 valence electrons. The van der Waals surface area contributed by atoms with Gasteiger partial charge in [0.05, 0.1) is 6.42 Å². The number of nitrogens with zero attached hydrogens (tertiary/aromatic N) is 2. The molecule has 1 N–H and O–H groups in total. The monoisotopic (exact) mass is 351 g/mol. The van der Waals surface area contributed by atoms with Gasteiger partial charge in [-0.15, -0.1) is 12.4 Å². The van der Waals surface area contributed by atoms with Crippen LogP contribution in [0.5, 0.6) is 0 Å². The Hall–Kier alpha value is -1.10. The Labute approximate surface area is 152 Å². The molecule has 1 aromatic rings. The number of halogens is 1. The van der Waals surface area contributed by atoms with E-state index in [1.807, 2.05) is 4.90 Å². The number of piperazine rings is 1. The molecule has 1 unspecified atom stereocenters. The highest BCUT2D eigenvalue weighted by molar-refractivity contribution is 5.85. The number of nitrogens with one attached hydrogen (secondary N) is 1. The van der Waals surface area contributed by atoms with Gasteiger partial charge in [0.2, 0.25) is 5.91 Å². The molecule has 0 radical (unpaired) electrons. The number of carbonyl (C=O) groups excluding carboxylic acids is 1. The second-order valence-corrected chi connectivity index (χ2v) is 7.06. The van der Waals surface area contributed by atoms with Crippen molar-refractivity contribution >= 4 is 18.3 Å². The summed E-state index contributed by atoms with van der Waals surface area (Å²) in [5.41, 5.74) is 2.36. The number of amides is 1. The molecule has 2 heterocycles. The van der Waals surface area contributed by atoms with Crippen LogP contribution in [-0.4, -0.2) is 61.5 Å². The average molecular weight is 352 g/mol. The topological polar surface area (TPSA) is 35.6 Å². The average Bonchev–Trinajstić information content (AvgIpc) is 2.58. The van der Waals surface area contributed by atoms with Crippen molar-refractivity contribution in [2.75, 3.05) is 45.8 Å². The minimum Gasteiger partial charge on any atom is -0.340 e. The lowest BCUT2D eigenvalue weighted by Gasteiger charge is -2.37. The van der Waals surface area contributed by atoms with E-state index >= 15 is 0 Å². The number of hydrogen-bond acceptors (Lipinski definition) is 3. The molecular formula is C19H30ClN3O. The molecule has 0 bridgehead atoms. The zero-order valence-electron chi connectivity index (χ0n) is 14.7. The molecule has 1 amide bonds. The molecular weight excluding hydrogens is 322 g/mol. The van der Waals surface area contributed by atoms with Gasteiger partial charge in [0.25, 0.3) is 0 Å². The number of carbonyl (C=O) groups is 1. The van der Waals surface area contributed by atoms with Gasteiger partial charge in [-0.3, -0.25) is 9.69 Å². The van der Waals surface area contributed by atoms with Gasteiger partial charge in [0.15, 0.2) is 0 Å². The maximum absolute atomic E-state index is 12.4. The van der Waals surface area contributed by atoms with E-state index in [4.69, 9.17) is 0 Å². The Morgan fingerprint density at radius 1 is 1.17 bits per heavy atom. The first-order valence-electron chi connectivity index (χ1n) is 8.97. The van der Waals surface area contributed by atoms with Crippen LogP contribution >= 0.6 is 12.4 Å². The van der Waals surface area contributed by atoms with Crippen LogP contribution in [0.25, 0.3) is 0 Å². The molecule has 0 aromatic heterocycles. The van der Waals surface area contributed by atoms with Crippen molar-refractivity contribution in [2.45, 2.75) is 26.2 Å². The molecule has 1 atom stereocenters. The minimum atomic E-state index is 0. The molecule has 0 saturated carbocycles. The van der Waals surface area contributed by atoms with Crippen LogP contribution in [0.4, 0.5) is 0 Å². The molecule has 24 heavy (non-hydrogen) atoms. The van der Waals surface area contributed by atoms with Crippen molar-refractivity contribution in [1.29, 1.82) is 0 Å². The molecule has 3 rings (SSSR count). The van der Waals surface area contributed by atoms with Crippen molar-refractivity contribution in [3.8, 4) is 0 Å². The fourth-order valence-corrected chi connectivity index (χ4v) is 3.62. The van der Waals surface area contributed by atoms with Gasteiger partial charge in [-0.2, -0.15) is 0 Å². The van der Waals surface area contributed by atoms with Crippen LogP contribution < -0.4 is 5.32 Å². The molecule has 1 aromatic carbocycles. The predicted octanol–water partition coefficient (Wildman–Crippen LogP) is 2.10. The first-order valence-corrected chi connectivity index (χ1v) is 8.97. The lowest BCUT2D eigenvalue weighted by molar-refractivity contribution is -0.132. The van der Waals surface area contributed by atoms with E-state index in [0.717, 1.165) is 44.2 Å². The number of hydrogen-bond donors (Lipinski definition) is 1. The van der Waals surface area contributed by atoms with Crippen molar-refractivity contribution < 1.29 is 4.79 Å². The summed E-state index contributed by atoms with van der Waals surface area (Å²) in [5.74, 6) is 1.06. The van der Waals surface area contributed by atoms with E-state index in [0.29, 0.717) is 6.42 Å². The van der Waals surface area contributed by atoms with Crippen molar-refractivity contribution in [3.63, 3.8) is 0 Å². The summed E-state index contributed by atoms with van der Waals surface area (Å²) in [7, 11) is 0. The van der Waals surface area contributed by atoms with Crippen LogP contribution in [-0.2, 0) is 11.2 Å². The fraction of sp³-hybridized carbons (Fsp3) is 0.632. The Bertz CT molecular complexity index is 506. The maximum Gasteiger partial charge on any atom is 0.227 e. The van der Waals surface area contributed by atoms with Gasteiger partial charge in [0, 0.05) is 32.7 Å². The minimum absolute atomic E-state index is 0. The van der Waals surface area contributed by atoms with Gasteiger partial charge in [-0.1, -0.05) is 29.8 Å². The van der Waals surface area contributed by atoms with Gasteiger partial charge >= 0.3 is 0 Å². The number of aryl methyl sites for hydroxylation is 1. The molecule has 0 spiro atoms. The molecule has 4 nitrogen and oxygen atoms in total. The quantitative estimate of drug-likeness (QED) is 0.902. The first-order chi connectivity index (χ1) is 11.2. The van der Waals surface area contributed by atoms with E-state index in [1.54, 1.807) is 0 Å². The normalized spacial score (nSPS) is 22.0. The summed E-state index contributed by atoms with van der Waals surface area (Å²) in [4.78, 5) is 17.0. The van der Waals surface area contributed by atoms with Crippen LogP contribution in [0.15, 0.2) is 24.3 Å². The van der Waals surface area contributed by atoms with Crippen molar-refractivity contribution in [2.24, 2.45) is 5.92 Å². The van der Waals surface area contributed by atoms with Gasteiger partial charge < -0.3 is 10.2 Å². The summed E-state index contributed by atoms with van der Waals surface area (Å²) < 4.78 is 0. The SMILES string of the molecule is Cc1ccc(CC(=O)N2CCN(CC3CCCNC3)CC2)cc1.Cl. The molecule has 2 fully saturated rings. The van der Waals surface area contributed by atoms with Crippen molar-refractivity contribution in [1.82, 2.24) is 15.1 Å². The summed E-state index contributed by atoms with van der Waals surface area (Å²) in [5, 5.41) is 3.49. The molecule has 2 aliphatic rings. The number of piperidine rings is 1. The highest BCUT2D eigenvalue weighted by atomic mass is 35.5. The smallest absolute Gasteiger partial charge is 0.227 e. The third-order valence-electron chi connectivity index (χ3n) is 5.12. The van der Waals surface area contributed by atoms with E-state index in [9.17, 15) is 4.79 Å². The van der Waals surface area contributed by atoms with Crippen LogP contribution in [0.2, 0.25) is 0 Å². The van der Waals surface area contributed by atoms with E-state index in [2.05, 4.69) is 41.4 Å². The molecule has 2 aliphatic heterocycles. The highest BCUT2D eigenvalue weighted by Gasteiger charge is 2.23. The third-order valence-corrected chi connectivity index (χ3v) is 5.12. The molecule has 0 aliphatic carbocycles. The Morgan fingerprint density at radius 2 is 1.88 bits per heavy atom. The summed E-state index contributed by atoms with van der Waals surface area (Å²) in [6.45, 7) is 9.41. The maximum atomic E-state index is 12.4. The second-order valence-electron chi connectivity index (χ2n) is 7.06.